The molecule has 0 radical (unpaired) electrons. The van der Waals surface area contributed by atoms with Crippen LogP contribution in [0.5, 0.6) is 0 Å². The van der Waals surface area contributed by atoms with E-state index in [4.69, 9.17) is 0 Å². The normalized spacial score (nSPS) is 21.0. The molecule has 50 valence electrons. The first-order chi connectivity index (χ1) is 4.30. The molecule has 1 rings (SSSR count). The van der Waals surface area contributed by atoms with Crippen LogP contribution in [0.25, 0.3) is 0 Å². The van der Waals surface area contributed by atoms with Gasteiger partial charge >= 0.3 is 0 Å². The van der Waals surface area contributed by atoms with Crippen molar-refractivity contribution in [2.24, 2.45) is 4.99 Å². The van der Waals surface area contributed by atoms with Crippen LogP contribution in [-0.4, -0.2) is 25.3 Å². The van der Waals surface area contributed by atoms with E-state index in [1.807, 2.05) is 6.92 Å². The van der Waals surface area contributed by atoms with E-state index < -0.39 is 0 Å². The van der Waals surface area contributed by atoms with E-state index in [2.05, 4.69) is 16.9 Å². The summed E-state index contributed by atoms with van der Waals surface area (Å²) in [6.45, 7) is 8.65. The van der Waals surface area contributed by atoms with Crippen LogP contribution in [0.3, 0.4) is 0 Å². The molecule has 0 atom stereocenters. The molecule has 0 fully saturated rings. The Morgan fingerprint density at radius 3 is 3.22 bits per heavy atom. The van der Waals surface area contributed by atoms with Gasteiger partial charge in [0.05, 0.1) is 6.54 Å². The first kappa shape index (κ1) is 6.49. The summed E-state index contributed by atoms with van der Waals surface area (Å²) in [5, 5.41) is 3.21. The van der Waals surface area contributed by atoms with Crippen molar-refractivity contribution in [1.82, 2.24) is 5.32 Å². The van der Waals surface area contributed by atoms with Crippen molar-refractivity contribution in [2.45, 2.75) is 6.92 Å². The monoisotopic (exact) mass is 124 g/mol. The highest BCUT2D eigenvalue weighted by Crippen LogP contribution is 1.95. The third kappa shape index (κ3) is 1.64. The molecule has 0 unspecified atom stereocenters. The zero-order chi connectivity index (χ0) is 6.69. The van der Waals surface area contributed by atoms with Gasteiger partial charge in [0, 0.05) is 18.8 Å². The van der Waals surface area contributed by atoms with E-state index in [0.717, 1.165) is 30.9 Å². The van der Waals surface area contributed by atoms with E-state index in [-0.39, 0.29) is 0 Å². The zero-order valence-electron chi connectivity index (χ0n) is 5.78. The molecule has 2 nitrogen and oxygen atoms in total. The Labute approximate surface area is 55.7 Å². The van der Waals surface area contributed by atoms with Gasteiger partial charge < -0.3 is 5.32 Å². The van der Waals surface area contributed by atoms with Crippen molar-refractivity contribution < 1.29 is 0 Å². The van der Waals surface area contributed by atoms with Gasteiger partial charge in [-0.05, 0) is 12.5 Å². The van der Waals surface area contributed by atoms with E-state index in [1.165, 1.54) is 0 Å². The standard InChI is InChI=1S/C7H12N2/c1-6-5-8-3-4-9-7(6)2/h8H,1,3-5H2,2H3. The topological polar surface area (TPSA) is 24.4 Å². The number of rotatable bonds is 0. The molecule has 1 aliphatic rings. The van der Waals surface area contributed by atoms with Gasteiger partial charge in [-0.25, -0.2) is 0 Å². The van der Waals surface area contributed by atoms with E-state index in [0.29, 0.717) is 0 Å². The number of aliphatic imine (C=N–C) groups is 1. The molecule has 2 heteroatoms. The minimum atomic E-state index is 0.894. The van der Waals surface area contributed by atoms with E-state index in [1.54, 1.807) is 0 Å². The lowest BCUT2D eigenvalue weighted by molar-refractivity contribution is 0.763. The molecule has 1 heterocycles. The molecule has 0 bridgehead atoms. The number of nitrogens with one attached hydrogen (secondary N) is 1. The van der Waals surface area contributed by atoms with Crippen LogP contribution in [0, 0.1) is 0 Å². The van der Waals surface area contributed by atoms with Gasteiger partial charge in [-0.3, -0.25) is 4.99 Å². The molecule has 0 saturated heterocycles. The fourth-order valence-electron chi connectivity index (χ4n) is 0.782. The molecule has 0 spiro atoms. The molecular weight excluding hydrogens is 112 g/mol. The maximum atomic E-state index is 4.26. The molecule has 0 saturated carbocycles. The number of hydrogen-bond donors (Lipinski definition) is 1. The summed E-state index contributed by atoms with van der Waals surface area (Å²) in [5.74, 6) is 0. The highest BCUT2D eigenvalue weighted by Gasteiger charge is 2.00. The Hall–Kier alpha value is -0.630. The van der Waals surface area contributed by atoms with Crippen LogP contribution in [-0.2, 0) is 0 Å². The van der Waals surface area contributed by atoms with Crippen molar-refractivity contribution >= 4 is 5.71 Å². The maximum absolute atomic E-state index is 4.26. The fraction of sp³-hybridized carbons (Fsp3) is 0.571. The largest absolute Gasteiger partial charge is 0.311 e. The number of nitrogens with zero attached hydrogens (tertiary/aromatic N) is 1. The van der Waals surface area contributed by atoms with Crippen LogP contribution in [0.15, 0.2) is 17.1 Å². The summed E-state index contributed by atoms with van der Waals surface area (Å²) in [5.41, 5.74) is 2.22. The lowest BCUT2D eigenvalue weighted by Gasteiger charge is -1.98. The van der Waals surface area contributed by atoms with Crippen LogP contribution >= 0.6 is 0 Å². The molecule has 9 heavy (non-hydrogen) atoms. The second kappa shape index (κ2) is 2.78. The molecular formula is C7H12N2. The van der Waals surface area contributed by atoms with Crippen molar-refractivity contribution in [2.75, 3.05) is 19.6 Å². The SMILES string of the molecule is C=C1CNCCN=C1C. The highest BCUT2D eigenvalue weighted by molar-refractivity contribution is 5.98. The molecule has 0 aromatic heterocycles. The summed E-state index contributed by atoms with van der Waals surface area (Å²) >= 11 is 0. The summed E-state index contributed by atoms with van der Waals surface area (Å²) in [6.07, 6.45) is 0. The van der Waals surface area contributed by atoms with E-state index >= 15 is 0 Å². The summed E-state index contributed by atoms with van der Waals surface area (Å²) < 4.78 is 0. The molecule has 0 amide bonds. The summed E-state index contributed by atoms with van der Waals surface area (Å²) in [4.78, 5) is 4.26. The zero-order valence-corrected chi connectivity index (χ0v) is 5.78. The minimum Gasteiger partial charge on any atom is -0.311 e. The summed E-state index contributed by atoms with van der Waals surface area (Å²) in [7, 11) is 0. The van der Waals surface area contributed by atoms with Gasteiger partial charge in [0.2, 0.25) is 0 Å². The van der Waals surface area contributed by atoms with Gasteiger partial charge in [-0.15, -0.1) is 0 Å². The van der Waals surface area contributed by atoms with Crippen LogP contribution < -0.4 is 5.32 Å². The van der Waals surface area contributed by atoms with Gasteiger partial charge in [0.15, 0.2) is 0 Å². The molecule has 1 aliphatic heterocycles. The number of hydrogen-bond acceptors (Lipinski definition) is 2. The molecule has 1 N–H and O–H groups in total. The van der Waals surface area contributed by atoms with Gasteiger partial charge in [0.1, 0.15) is 0 Å². The first-order valence-electron chi connectivity index (χ1n) is 3.20. The second-order valence-corrected chi connectivity index (χ2v) is 2.25. The smallest absolute Gasteiger partial charge is 0.0517 e. The quantitative estimate of drug-likeness (QED) is 0.502. The van der Waals surface area contributed by atoms with Gasteiger partial charge in [-0.1, -0.05) is 6.58 Å². The average molecular weight is 124 g/mol. The van der Waals surface area contributed by atoms with Crippen LogP contribution in [0.4, 0.5) is 0 Å². The third-order valence-corrected chi connectivity index (χ3v) is 1.49. The van der Waals surface area contributed by atoms with Crippen molar-refractivity contribution in [3.05, 3.63) is 12.2 Å². The Morgan fingerprint density at radius 1 is 1.67 bits per heavy atom. The average Bonchev–Trinajstić information content (AvgIpc) is 1.99. The van der Waals surface area contributed by atoms with Gasteiger partial charge in [0.25, 0.3) is 0 Å². The summed E-state index contributed by atoms with van der Waals surface area (Å²) in [6, 6.07) is 0. The lowest BCUT2D eigenvalue weighted by Crippen LogP contribution is -2.18. The molecule has 0 aliphatic carbocycles. The Morgan fingerprint density at radius 2 is 2.44 bits per heavy atom. The predicted molar refractivity (Wildman–Crippen MR) is 40.0 cm³/mol. The highest BCUT2D eigenvalue weighted by atomic mass is 14.9. The van der Waals surface area contributed by atoms with Crippen molar-refractivity contribution in [1.29, 1.82) is 0 Å². The minimum absolute atomic E-state index is 0.894. The Balaban J connectivity index is 2.61. The Bertz CT molecular complexity index is 147. The molecule has 0 aromatic rings. The second-order valence-electron chi connectivity index (χ2n) is 2.25. The maximum Gasteiger partial charge on any atom is 0.0517 e. The third-order valence-electron chi connectivity index (χ3n) is 1.49. The predicted octanol–water partition coefficient (Wildman–Crippen LogP) is 0.607. The van der Waals surface area contributed by atoms with Crippen LogP contribution in [0.1, 0.15) is 6.92 Å². The first-order valence-corrected chi connectivity index (χ1v) is 3.20. The van der Waals surface area contributed by atoms with Crippen molar-refractivity contribution in [3.63, 3.8) is 0 Å². The van der Waals surface area contributed by atoms with Crippen molar-refractivity contribution in [3.8, 4) is 0 Å². The van der Waals surface area contributed by atoms with Crippen LogP contribution in [0.2, 0.25) is 0 Å². The Kier molecular flexibility index (Phi) is 2.01. The van der Waals surface area contributed by atoms with Gasteiger partial charge in [-0.2, -0.15) is 0 Å². The van der Waals surface area contributed by atoms with E-state index in [9.17, 15) is 0 Å². The lowest BCUT2D eigenvalue weighted by atomic mass is 10.2. The fourth-order valence-corrected chi connectivity index (χ4v) is 0.782. The molecule has 0 aromatic carbocycles.